The highest BCUT2D eigenvalue weighted by Crippen LogP contribution is 2.43. The molecule has 200 valence electrons. The lowest BCUT2D eigenvalue weighted by atomic mass is 9.95. The molecule has 1 aliphatic heterocycles. The van der Waals surface area contributed by atoms with E-state index in [0.29, 0.717) is 51.9 Å². The molecule has 0 spiro atoms. The molecule has 1 unspecified atom stereocenters. The molecule has 2 heterocycles. The number of methoxy groups -OCH3 is 2. The van der Waals surface area contributed by atoms with Crippen LogP contribution in [0.1, 0.15) is 31.0 Å². The SMILES string of the molecule is COc1ccc(C2/C(=C(\O)c3ccc(OCC(C)C)cc3)C(=O)C(=O)N2c2nc3ccccc3[nH]2)cc1OC. The average Bonchev–Trinajstić information content (AvgIpc) is 3.49. The van der Waals surface area contributed by atoms with Crippen LogP contribution in [0.4, 0.5) is 5.95 Å². The zero-order chi connectivity index (χ0) is 27.7. The Kier molecular flexibility index (Phi) is 6.98. The number of ketones is 1. The minimum absolute atomic E-state index is 0.0662. The van der Waals surface area contributed by atoms with Gasteiger partial charge >= 0.3 is 5.91 Å². The second-order valence-corrected chi connectivity index (χ2v) is 9.59. The topological polar surface area (TPSA) is 114 Å². The van der Waals surface area contributed by atoms with Gasteiger partial charge < -0.3 is 24.3 Å². The highest BCUT2D eigenvalue weighted by molar-refractivity contribution is 6.51. The van der Waals surface area contributed by atoms with E-state index in [-0.39, 0.29) is 17.3 Å². The molecule has 1 amide bonds. The number of ether oxygens (including phenoxy) is 3. The summed E-state index contributed by atoms with van der Waals surface area (Å²) in [5, 5.41) is 11.4. The Labute approximate surface area is 225 Å². The van der Waals surface area contributed by atoms with Gasteiger partial charge in [-0.3, -0.25) is 14.5 Å². The first-order valence-electron chi connectivity index (χ1n) is 12.5. The van der Waals surface area contributed by atoms with Gasteiger partial charge in [0.1, 0.15) is 11.5 Å². The van der Waals surface area contributed by atoms with Gasteiger partial charge in [-0.2, -0.15) is 0 Å². The van der Waals surface area contributed by atoms with Gasteiger partial charge in [-0.25, -0.2) is 4.98 Å². The Morgan fingerprint density at radius 3 is 2.38 bits per heavy atom. The molecule has 0 bridgehead atoms. The zero-order valence-corrected chi connectivity index (χ0v) is 22.1. The second kappa shape index (κ2) is 10.5. The number of nitrogens with one attached hydrogen (secondary N) is 1. The predicted octanol–water partition coefficient (Wildman–Crippen LogP) is 5.24. The lowest BCUT2D eigenvalue weighted by molar-refractivity contribution is -0.132. The van der Waals surface area contributed by atoms with Gasteiger partial charge in [-0.1, -0.05) is 32.0 Å². The fourth-order valence-corrected chi connectivity index (χ4v) is 4.57. The van der Waals surface area contributed by atoms with E-state index < -0.39 is 17.7 Å². The third-order valence-electron chi connectivity index (χ3n) is 6.48. The predicted molar refractivity (Wildman–Crippen MR) is 147 cm³/mol. The Morgan fingerprint density at radius 2 is 1.72 bits per heavy atom. The number of aliphatic hydroxyl groups is 1. The molecule has 3 aromatic carbocycles. The Morgan fingerprint density at radius 1 is 1.00 bits per heavy atom. The maximum atomic E-state index is 13.5. The molecule has 39 heavy (non-hydrogen) atoms. The minimum atomic E-state index is -0.984. The van der Waals surface area contributed by atoms with Crippen LogP contribution in [0, 0.1) is 5.92 Å². The Bertz CT molecular complexity index is 1540. The number of carbonyl (C=O) groups excluding carboxylic acids is 2. The van der Waals surface area contributed by atoms with E-state index in [1.54, 1.807) is 48.5 Å². The summed E-state index contributed by atoms with van der Waals surface area (Å²) < 4.78 is 16.6. The van der Waals surface area contributed by atoms with E-state index in [4.69, 9.17) is 14.2 Å². The third-order valence-corrected chi connectivity index (χ3v) is 6.48. The van der Waals surface area contributed by atoms with Crippen LogP contribution in [0.5, 0.6) is 17.2 Å². The fraction of sp³-hybridized carbons (Fsp3) is 0.233. The molecule has 5 rings (SSSR count). The summed E-state index contributed by atoms with van der Waals surface area (Å²) in [4.78, 5) is 36.0. The fourth-order valence-electron chi connectivity index (χ4n) is 4.57. The number of rotatable bonds is 8. The molecule has 9 nitrogen and oxygen atoms in total. The number of aliphatic hydroxyl groups excluding tert-OH is 1. The van der Waals surface area contributed by atoms with E-state index in [0.717, 1.165) is 0 Å². The van der Waals surface area contributed by atoms with Crippen molar-refractivity contribution in [3.8, 4) is 17.2 Å². The standard InChI is InChI=1S/C30H29N3O6/c1-17(2)16-39-20-12-9-18(10-13-20)27(34)25-26(19-11-14-23(37-3)24(15-19)38-4)33(29(36)28(25)35)30-31-21-7-5-6-8-22(21)32-30/h5-15,17,26,34H,16H2,1-4H3,(H,31,32)/b27-25+. The summed E-state index contributed by atoms with van der Waals surface area (Å²) in [6.07, 6.45) is 0. The summed E-state index contributed by atoms with van der Waals surface area (Å²) in [5.74, 6) is 0.140. The number of hydrogen-bond acceptors (Lipinski definition) is 7. The number of hydrogen-bond donors (Lipinski definition) is 2. The first kappa shape index (κ1) is 25.8. The van der Waals surface area contributed by atoms with Gasteiger partial charge in [0.15, 0.2) is 11.5 Å². The molecule has 0 radical (unpaired) electrons. The summed E-state index contributed by atoms with van der Waals surface area (Å²) in [7, 11) is 3.02. The van der Waals surface area contributed by atoms with Gasteiger partial charge in [-0.15, -0.1) is 0 Å². The lowest BCUT2D eigenvalue weighted by Crippen LogP contribution is -2.30. The molecule has 9 heteroatoms. The number of H-pyrrole nitrogens is 1. The van der Waals surface area contributed by atoms with Crippen molar-refractivity contribution in [2.75, 3.05) is 25.7 Å². The van der Waals surface area contributed by atoms with Crippen LogP contribution in [-0.2, 0) is 9.59 Å². The number of Topliss-reactive ketones (excluding diaryl/α,β-unsaturated/α-hetero) is 1. The van der Waals surface area contributed by atoms with Crippen molar-refractivity contribution < 1.29 is 28.9 Å². The molecule has 1 aliphatic rings. The van der Waals surface area contributed by atoms with Crippen molar-refractivity contribution in [3.63, 3.8) is 0 Å². The number of carbonyl (C=O) groups is 2. The molecule has 1 fully saturated rings. The highest BCUT2D eigenvalue weighted by Gasteiger charge is 2.48. The van der Waals surface area contributed by atoms with Crippen LogP contribution in [0.15, 0.2) is 72.3 Å². The van der Waals surface area contributed by atoms with E-state index in [1.165, 1.54) is 19.1 Å². The number of amides is 1. The number of fused-ring (bicyclic) bond motifs is 1. The molecule has 1 saturated heterocycles. The first-order valence-corrected chi connectivity index (χ1v) is 12.5. The number of nitrogens with zero attached hydrogens (tertiary/aromatic N) is 2. The summed E-state index contributed by atoms with van der Waals surface area (Å²) in [6.45, 7) is 4.65. The van der Waals surface area contributed by atoms with Gasteiger partial charge in [-0.05, 0) is 60.0 Å². The average molecular weight is 528 g/mol. The van der Waals surface area contributed by atoms with Crippen LogP contribution >= 0.6 is 0 Å². The first-order chi connectivity index (χ1) is 18.8. The van der Waals surface area contributed by atoms with Gasteiger partial charge in [0.25, 0.3) is 5.78 Å². The molecular weight excluding hydrogens is 498 g/mol. The molecule has 0 aliphatic carbocycles. The number of benzene rings is 3. The van der Waals surface area contributed by atoms with Crippen LogP contribution < -0.4 is 19.1 Å². The summed E-state index contributed by atoms with van der Waals surface area (Å²) in [5.41, 5.74) is 2.18. The quantitative estimate of drug-likeness (QED) is 0.183. The minimum Gasteiger partial charge on any atom is -0.507 e. The molecular formula is C30H29N3O6. The van der Waals surface area contributed by atoms with Crippen LogP contribution in [-0.4, -0.2) is 47.6 Å². The Balaban J connectivity index is 1.65. The van der Waals surface area contributed by atoms with E-state index >= 15 is 0 Å². The van der Waals surface area contributed by atoms with Crippen LogP contribution in [0.2, 0.25) is 0 Å². The largest absolute Gasteiger partial charge is 0.507 e. The van der Waals surface area contributed by atoms with Crippen LogP contribution in [0.25, 0.3) is 16.8 Å². The normalized spacial score (nSPS) is 16.7. The summed E-state index contributed by atoms with van der Waals surface area (Å²) >= 11 is 0. The second-order valence-electron chi connectivity index (χ2n) is 9.59. The lowest BCUT2D eigenvalue weighted by Gasteiger charge is -2.24. The number of anilines is 1. The molecule has 0 saturated carbocycles. The van der Waals surface area contributed by atoms with Crippen molar-refractivity contribution in [1.29, 1.82) is 0 Å². The smallest absolute Gasteiger partial charge is 0.302 e. The van der Waals surface area contributed by atoms with E-state index in [1.807, 2.05) is 18.2 Å². The summed E-state index contributed by atoms with van der Waals surface area (Å²) in [6, 6.07) is 18.2. The molecule has 1 atom stereocenters. The van der Waals surface area contributed by atoms with Crippen molar-refractivity contribution in [1.82, 2.24) is 9.97 Å². The van der Waals surface area contributed by atoms with Crippen molar-refractivity contribution in [3.05, 3.63) is 83.4 Å². The van der Waals surface area contributed by atoms with Crippen molar-refractivity contribution in [2.45, 2.75) is 19.9 Å². The van der Waals surface area contributed by atoms with E-state index in [2.05, 4.69) is 23.8 Å². The third kappa shape index (κ3) is 4.79. The van der Waals surface area contributed by atoms with Gasteiger partial charge in [0, 0.05) is 5.56 Å². The maximum Gasteiger partial charge on any atom is 0.302 e. The Hall–Kier alpha value is -4.79. The number of aromatic nitrogens is 2. The molecule has 2 N–H and O–H groups in total. The number of imidazole rings is 1. The van der Waals surface area contributed by atoms with Gasteiger partial charge in [0.2, 0.25) is 5.95 Å². The maximum absolute atomic E-state index is 13.5. The van der Waals surface area contributed by atoms with Gasteiger partial charge in [0.05, 0.1) is 43.5 Å². The highest BCUT2D eigenvalue weighted by atomic mass is 16.5. The molecule has 4 aromatic rings. The molecule has 1 aromatic heterocycles. The van der Waals surface area contributed by atoms with E-state index in [9.17, 15) is 14.7 Å². The van der Waals surface area contributed by atoms with Crippen molar-refractivity contribution in [2.24, 2.45) is 5.92 Å². The number of aromatic amines is 1. The van der Waals surface area contributed by atoms with Crippen molar-refractivity contribution >= 4 is 34.4 Å². The van der Waals surface area contributed by atoms with Crippen LogP contribution in [0.3, 0.4) is 0 Å². The zero-order valence-electron chi connectivity index (χ0n) is 22.1. The number of para-hydroxylation sites is 2. The monoisotopic (exact) mass is 527 g/mol.